The Morgan fingerprint density at radius 2 is 2.00 bits per heavy atom. The molecule has 0 spiro atoms. The Morgan fingerprint density at radius 1 is 1.29 bits per heavy atom. The Bertz CT molecular complexity index is 517. The molecule has 0 bridgehead atoms. The van der Waals surface area contributed by atoms with E-state index in [1.165, 1.54) is 0 Å². The summed E-state index contributed by atoms with van der Waals surface area (Å²) in [5.74, 6) is 0.671. The minimum atomic E-state index is -0.526. The summed E-state index contributed by atoms with van der Waals surface area (Å²) in [5.41, 5.74) is 2.08. The van der Waals surface area contributed by atoms with Crippen LogP contribution in [0, 0.1) is 12.3 Å². The van der Waals surface area contributed by atoms with Crippen LogP contribution in [0.15, 0.2) is 28.7 Å². The number of hydrogen-bond donors (Lipinski definition) is 1. The van der Waals surface area contributed by atoms with E-state index in [0.717, 1.165) is 16.5 Å². The van der Waals surface area contributed by atoms with E-state index in [1.807, 2.05) is 31.2 Å². The van der Waals surface area contributed by atoms with Crippen LogP contribution in [-0.2, 0) is 0 Å². The maximum atomic E-state index is 10.2. The summed E-state index contributed by atoms with van der Waals surface area (Å²) < 4.78 is 5.76. The molecule has 2 nitrogen and oxygen atoms in total. The van der Waals surface area contributed by atoms with Crippen LogP contribution in [0.25, 0.3) is 11.0 Å². The number of aliphatic hydroxyl groups is 1. The Morgan fingerprint density at radius 3 is 2.59 bits per heavy atom. The average molecular weight is 232 g/mol. The number of para-hydroxylation sites is 1. The molecule has 1 aromatic heterocycles. The molecule has 92 valence electrons. The molecular formula is C15H20O2. The van der Waals surface area contributed by atoms with Gasteiger partial charge in [-0.25, -0.2) is 0 Å². The number of benzene rings is 1. The summed E-state index contributed by atoms with van der Waals surface area (Å²) in [4.78, 5) is 0. The molecule has 0 radical (unpaired) electrons. The minimum absolute atomic E-state index is 0.0907. The van der Waals surface area contributed by atoms with Crippen molar-refractivity contribution < 1.29 is 9.52 Å². The van der Waals surface area contributed by atoms with E-state index in [4.69, 9.17) is 4.42 Å². The van der Waals surface area contributed by atoms with E-state index < -0.39 is 6.10 Å². The third kappa shape index (κ3) is 2.70. The molecule has 1 atom stereocenters. The van der Waals surface area contributed by atoms with Crippen LogP contribution in [0.4, 0.5) is 0 Å². The van der Waals surface area contributed by atoms with Gasteiger partial charge in [0, 0.05) is 5.39 Å². The lowest BCUT2D eigenvalue weighted by molar-refractivity contribution is 0.102. The number of fused-ring (bicyclic) bond motifs is 1. The fraction of sp³-hybridized carbons (Fsp3) is 0.467. The molecule has 0 saturated carbocycles. The quantitative estimate of drug-likeness (QED) is 0.841. The van der Waals surface area contributed by atoms with Crippen molar-refractivity contribution in [3.05, 3.63) is 35.6 Å². The van der Waals surface area contributed by atoms with Gasteiger partial charge in [-0.2, -0.15) is 0 Å². The summed E-state index contributed by atoms with van der Waals surface area (Å²) in [5, 5.41) is 11.2. The molecule has 2 aromatic rings. The van der Waals surface area contributed by atoms with E-state index in [9.17, 15) is 5.11 Å². The van der Waals surface area contributed by atoms with Gasteiger partial charge in [0.2, 0.25) is 0 Å². The van der Waals surface area contributed by atoms with E-state index in [1.54, 1.807) is 0 Å². The van der Waals surface area contributed by atoms with Gasteiger partial charge < -0.3 is 9.52 Å². The van der Waals surface area contributed by atoms with Crippen molar-refractivity contribution in [3.63, 3.8) is 0 Å². The van der Waals surface area contributed by atoms with Crippen LogP contribution in [0.1, 0.15) is 44.6 Å². The molecule has 1 N–H and O–H groups in total. The zero-order valence-corrected chi connectivity index (χ0v) is 10.9. The van der Waals surface area contributed by atoms with Crippen LogP contribution < -0.4 is 0 Å². The average Bonchev–Trinajstić information content (AvgIpc) is 2.60. The second kappa shape index (κ2) is 4.19. The van der Waals surface area contributed by atoms with Gasteiger partial charge in [0.15, 0.2) is 0 Å². The molecule has 1 aromatic carbocycles. The van der Waals surface area contributed by atoms with Crippen molar-refractivity contribution >= 4 is 11.0 Å². The Balaban J connectivity index is 2.34. The molecular weight excluding hydrogens is 212 g/mol. The normalized spacial score (nSPS) is 14.2. The largest absolute Gasteiger partial charge is 0.458 e. The van der Waals surface area contributed by atoms with Crippen molar-refractivity contribution in [2.24, 2.45) is 5.41 Å². The third-order valence-electron chi connectivity index (χ3n) is 2.89. The third-order valence-corrected chi connectivity index (χ3v) is 2.89. The molecule has 2 heteroatoms. The van der Waals surface area contributed by atoms with Gasteiger partial charge in [0.25, 0.3) is 0 Å². The van der Waals surface area contributed by atoms with Gasteiger partial charge >= 0.3 is 0 Å². The Labute approximate surface area is 102 Å². The van der Waals surface area contributed by atoms with Gasteiger partial charge in [0.1, 0.15) is 17.4 Å². The van der Waals surface area contributed by atoms with Crippen molar-refractivity contribution in [1.82, 2.24) is 0 Å². The van der Waals surface area contributed by atoms with Gasteiger partial charge in [-0.1, -0.05) is 39.0 Å². The molecule has 0 aliphatic rings. The van der Waals surface area contributed by atoms with E-state index >= 15 is 0 Å². The van der Waals surface area contributed by atoms with Crippen LogP contribution in [0.2, 0.25) is 0 Å². The molecule has 17 heavy (non-hydrogen) atoms. The highest BCUT2D eigenvalue weighted by Gasteiger charge is 2.21. The van der Waals surface area contributed by atoms with Crippen LogP contribution in [0.5, 0.6) is 0 Å². The fourth-order valence-corrected chi connectivity index (χ4v) is 2.07. The molecule has 0 fully saturated rings. The predicted octanol–water partition coefficient (Wildman–Crippen LogP) is 4.21. The first-order chi connectivity index (χ1) is 7.87. The zero-order valence-electron chi connectivity index (χ0n) is 10.9. The maximum Gasteiger partial charge on any atom is 0.137 e. The first-order valence-corrected chi connectivity index (χ1v) is 6.04. The lowest BCUT2D eigenvalue weighted by Crippen LogP contribution is -2.10. The van der Waals surface area contributed by atoms with Crippen molar-refractivity contribution in [1.29, 1.82) is 0 Å². The standard InChI is InChI=1S/C15H20O2/c1-10-6-5-7-11-8-13(17-14(10)11)12(16)9-15(2,3)4/h5-8,12,16H,9H2,1-4H3. The Kier molecular flexibility index (Phi) is 3.00. The topological polar surface area (TPSA) is 33.4 Å². The number of aliphatic hydroxyl groups excluding tert-OH is 1. The number of hydrogen-bond acceptors (Lipinski definition) is 2. The fourth-order valence-electron chi connectivity index (χ4n) is 2.07. The lowest BCUT2D eigenvalue weighted by Gasteiger charge is -2.20. The van der Waals surface area contributed by atoms with Gasteiger partial charge in [0.05, 0.1) is 0 Å². The van der Waals surface area contributed by atoms with Gasteiger partial charge in [-0.05, 0) is 30.4 Å². The second-order valence-electron chi connectivity index (χ2n) is 5.92. The smallest absolute Gasteiger partial charge is 0.137 e. The number of aryl methyl sites for hydroxylation is 1. The van der Waals surface area contributed by atoms with Crippen molar-refractivity contribution in [2.45, 2.75) is 40.2 Å². The van der Waals surface area contributed by atoms with E-state index in [-0.39, 0.29) is 5.41 Å². The first kappa shape index (κ1) is 12.2. The van der Waals surface area contributed by atoms with Crippen molar-refractivity contribution in [3.8, 4) is 0 Å². The molecule has 1 unspecified atom stereocenters. The summed E-state index contributed by atoms with van der Waals surface area (Å²) >= 11 is 0. The molecule has 2 rings (SSSR count). The Hall–Kier alpha value is -1.28. The SMILES string of the molecule is Cc1cccc2cc(C(O)CC(C)(C)C)oc12. The molecule has 1 heterocycles. The van der Waals surface area contributed by atoms with Gasteiger partial charge in [-0.3, -0.25) is 0 Å². The maximum absolute atomic E-state index is 10.2. The van der Waals surface area contributed by atoms with Crippen LogP contribution in [-0.4, -0.2) is 5.11 Å². The minimum Gasteiger partial charge on any atom is -0.458 e. The summed E-state index contributed by atoms with van der Waals surface area (Å²) in [6.07, 6.45) is 0.174. The monoisotopic (exact) mass is 232 g/mol. The number of furan rings is 1. The zero-order chi connectivity index (χ0) is 12.6. The molecule has 0 aliphatic heterocycles. The van der Waals surface area contributed by atoms with Gasteiger partial charge in [-0.15, -0.1) is 0 Å². The lowest BCUT2D eigenvalue weighted by atomic mass is 9.88. The van der Waals surface area contributed by atoms with Crippen molar-refractivity contribution in [2.75, 3.05) is 0 Å². The summed E-state index contributed by atoms with van der Waals surface area (Å²) in [6, 6.07) is 7.98. The van der Waals surface area contributed by atoms with E-state index in [0.29, 0.717) is 12.2 Å². The molecule has 0 aliphatic carbocycles. The van der Waals surface area contributed by atoms with Crippen LogP contribution >= 0.6 is 0 Å². The molecule has 0 saturated heterocycles. The highest BCUT2D eigenvalue weighted by molar-refractivity contribution is 5.80. The first-order valence-electron chi connectivity index (χ1n) is 6.04. The summed E-state index contributed by atoms with van der Waals surface area (Å²) in [6.45, 7) is 8.37. The number of rotatable bonds is 2. The molecule has 0 amide bonds. The predicted molar refractivity (Wildman–Crippen MR) is 70.0 cm³/mol. The highest BCUT2D eigenvalue weighted by Crippen LogP contribution is 2.33. The van der Waals surface area contributed by atoms with Crippen LogP contribution in [0.3, 0.4) is 0 Å². The van der Waals surface area contributed by atoms with E-state index in [2.05, 4.69) is 20.8 Å². The highest BCUT2D eigenvalue weighted by atomic mass is 16.4. The second-order valence-corrected chi connectivity index (χ2v) is 5.92. The summed E-state index contributed by atoms with van der Waals surface area (Å²) in [7, 11) is 0.